The van der Waals surface area contributed by atoms with Crippen molar-refractivity contribution in [1.29, 1.82) is 0 Å². The molecule has 2 heterocycles. The van der Waals surface area contributed by atoms with E-state index in [0.29, 0.717) is 18.7 Å². The van der Waals surface area contributed by atoms with E-state index in [2.05, 4.69) is 17.2 Å². The molecular formula is C17H23ClN4O. The lowest BCUT2D eigenvalue weighted by Gasteiger charge is -2.23. The van der Waals surface area contributed by atoms with Crippen LogP contribution in [-0.2, 0) is 6.54 Å². The molecule has 0 spiro atoms. The summed E-state index contributed by atoms with van der Waals surface area (Å²) in [6.07, 6.45) is 3.72. The Balaban J connectivity index is 0.00000192. The van der Waals surface area contributed by atoms with Crippen molar-refractivity contribution >= 4 is 18.3 Å². The summed E-state index contributed by atoms with van der Waals surface area (Å²) < 4.78 is 1.89. The summed E-state index contributed by atoms with van der Waals surface area (Å²) in [4.78, 5) is 14.6. The molecule has 2 aromatic rings. The molecule has 5 nitrogen and oxygen atoms in total. The molecule has 1 aromatic heterocycles. The third kappa shape index (κ3) is 3.57. The average Bonchev–Trinajstić information content (AvgIpc) is 3.15. The zero-order chi connectivity index (χ0) is 15.5. The second-order valence-corrected chi connectivity index (χ2v) is 5.82. The number of nitrogens with two attached hydrogens (primary N) is 1. The predicted octanol–water partition coefficient (Wildman–Crippen LogP) is 2.22. The van der Waals surface area contributed by atoms with Gasteiger partial charge in [0.15, 0.2) is 0 Å². The maximum atomic E-state index is 12.7. The van der Waals surface area contributed by atoms with Gasteiger partial charge in [0.25, 0.3) is 5.91 Å². The van der Waals surface area contributed by atoms with Crippen LogP contribution < -0.4 is 5.73 Å². The molecule has 1 aliphatic heterocycles. The van der Waals surface area contributed by atoms with Gasteiger partial charge in [-0.1, -0.05) is 30.3 Å². The fourth-order valence-electron chi connectivity index (χ4n) is 3.08. The summed E-state index contributed by atoms with van der Waals surface area (Å²) in [5.41, 5.74) is 8.55. The molecule has 124 valence electrons. The molecule has 1 atom stereocenters. The molecule has 23 heavy (non-hydrogen) atoms. The molecule has 1 saturated heterocycles. The summed E-state index contributed by atoms with van der Waals surface area (Å²) >= 11 is 0. The number of carbonyl (C=O) groups excluding carboxylic acids is 1. The zero-order valence-electron chi connectivity index (χ0n) is 13.3. The first-order chi connectivity index (χ1) is 10.7. The van der Waals surface area contributed by atoms with Crippen LogP contribution in [0.5, 0.6) is 0 Å². The molecule has 1 amide bonds. The van der Waals surface area contributed by atoms with Crippen molar-refractivity contribution in [3.8, 4) is 0 Å². The third-order valence-corrected chi connectivity index (χ3v) is 4.42. The first-order valence-corrected chi connectivity index (χ1v) is 7.78. The Morgan fingerprint density at radius 1 is 1.35 bits per heavy atom. The first-order valence-electron chi connectivity index (χ1n) is 7.78. The highest BCUT2D eigenvalue weighted by molar-refractivity contribution is 5.95. The molecule has 0 bridgehead atoms. The summed E-state index contributed by atoms with van der Waals surface area (Å²) in [5.74, 6) is 0.0600. The zero-order valence-corrected chi connectivity index (χ0v) is 14.1. The van der Waals surface area contributed by atoms with Gasteiger partial charge in [-0.25, -0.2) is 0 Å². The quantitative estimate of drug-likeness (QED) is 0.932. The normalized spacial score (nSPS) is 17.1. The van der Waals surface area contributed by atoms with Gasteiger partial charge in [0.2, 0.25) is 0 Å². The van der Waals surface area contributed by atoms with Crippen LogP contribution in [0.1, 0.15) is 34.5 Å². The van der Waals surface area contributed by atoms with Gasteiger partial charge in [-0.2, -0.15) is 5.10 Å². The molecule has 6 heteroatoms. The van der Waals surface area contributed by atoms with Gasteiger partial charge in [0.05, 0.1) is 18.3 Å². The van der Waals surface area contributed by atoms with Crippen LogP contribution in [0, 0.1) is 6.92 Å². The summed E-state index contributed by atoms with van der Waals surface area (Å²) in [6, 6.07) is 10.3. The second-order valence-electron chi connectivity index (χ2n) is 5.82. The van der Waals surface area contributed by atoms with Crippen molar-refractivity contribution in [3.63, 3.8) is 0 Å². The van der Waals surface area contributed by atoms with Crippen LogP contribution in [0.2, 0.25) is 0 Å². The molecular weight excluding hydrogens is 312 g/mol. The Hall–Kier alpha value is -1.85. The molecule has 1 aromatic carbocycles. The molecule has 3 rings (SSSR count). The number of aromatic nitrogens is 2. The number of amides is 1. The number of likely N-dealkylation sites (tertiary alicyclic amines) is 1. The number of nitrogens with zero attached hydrogens (tertiary/aromatic N) is 3. The van der Waals surface area contributed by atoms with Crippen molar-refractivity contribution in [3.05, 3.63) is 53.3 Å². The topological polar surface area (TPSA) is 64.2 Å². The standard InChI is InChI=1S/C17H22N4O.ClH/c1-13-16(17(22)20-9-5-8-15(20)10-18)11-19-21(13)12-14-6-3-2-4-7-14;/h2-4,6-7,11,15H,5,8-10,12,18H2,1H3;1H. The SMILES string of the molecule is Cc1c(C(=O)N2CCCC2CN)cnn1Cc1ccccc1.Cl. The highest BCUT2D eigenvalue weighted by Crippen LogP contribution is 2.21. The van der Waals surface area contributed by atoms with Crippen LogP contribution in [0.4, 0.5) is 0 Å². The van der Waals surface area contributed by atoms with E-state index in [1.807, 2.05) is 34.7 Å². The largest absolute Gasteiger partial charge is 0.334 e. The molecule has 1 unspecified atom stereocenters. The Kier molecular flexibility index (Phi) is 5.80. The van der Waals surface area contributed by atoms with E-state index in [0.717, 1.165) is 25.1 Å². The maximum Gasteiger partial charge on any atom is 0.257 e. The van der Waals surface area contributed by atoms with Crippen molar-refractivity contribution in [2.75, 3.05) is 13.1 Å². The van der Waals surface area contributed by atoms with Gasteiger partial charge in [-0.15, -0.1) is 12.4 Å². The summed E-state index contributed by atoms with van der Waals surface area (Å²) in [6.45, 7) is 3.96. The number of hydrogen-bond donors (Lipinski definition) is 1. The number of hydrogen-bond acceptors (Lipinski definition) is 3. The van der Waals surface area contributed by atoms with E-state index in [1.54, 1.807) is 6.20 Å². The van der Waals surface area contributed by atoms with E-state index in [1.165, 1.54) is 5.56 Å². The van der Waals surface area contributed by atoms with Gasteiger partial charge in [-0.3, -0.25) is 9.48 Å². The number of halogens is 1. The second kappa shape index (κ2) is 7.62. The first kappa shape index (κ1) is 17.5. The van der Waals surface area contributed by atoms with Gasteiger partial charge in [0.1, 0.15) is 0 Å². The molecule has 0 aliphatic carbocycles. The summed E-state index contributed by atoms with van der Waals surface area (Å²) in [5, 5.41) is 4.39. The monoisotopic (exact) mass is 334 g/mol. The number of rotatable bonds is 4. The van der Waals surface area contributed by atoms with Crippen LogP contribution in [0.25, 0.3) is 0 Å². The lowest BCUT2D eigenvalue weighted by molar-refractivity contribution is 0.0740. The van der Waals surface area contributed by atoms with Crippen molar-refractivity contribution < 1.29 is 4.79 Å². The van der Waals surface area contributed by atoms with Crippen LogP contribution >= 0.6 is 12.4 Å². The lowest BCUT2D eigenvalue weighted by Crippen LogP contribution is -2.40. The van der Waals surface area contributed by atoms with E-state index < -0.39 is 0 Å². The van der Waals surface area contributed by atoms with Crippen molar-refractivity contribution in [1.82, 2.24) is 14.7 Å². The molecule has 0 saturated carbocycles. The minimum absolute atomic E-state index is 0. The fraction of sp³-hybridized carbons (Fsp3) is 0.412. The lowest BCUT2D eigenvalue weighted by atomic mass is 10.2. The minimum Gasteiger partial charge on any atom is -0.334 e. The van der Waals surface area contributed by atoms with Crippen LogP contribution in [0.15, 0.2) is 36.5 Å². The Morgan fingerprint density at radius 2 is 2.09 bits per heavy atom. The molecule has 0 radical (unpaired) electrons. The Morgan fingerprint density at radius 3 is 2.78 bits per heavy atom. The van der Waals surface area contributed by atoms with Crippen LogP contribution in [0.3, 0.4) is 0 Å². The molecule has 2 N–H and O–H groups in total. The highest BCUT2D eigenvalue weighted by atomic mass is 35.5. The molecule has 1 aliphatic rings. The maximum absolute atomic E-state index is 12.7. The van der Waals surface area contributed by atoms with Gasteiger partial charge in [0, 0.05) is 24.8 Å². The summed E-state index contributed by atoms with van der Waals surface area (Å²) in [7, 11) is 0. The van der Waals surface area contributed by atoms with Gasteiger partial charge < -0.3 is 10.6 Å². The average molecular weight is 335 g/mol. The van der Waals surface area contributed by atoms with E-state index in [9.17, 15) is 4.79 Å². The predicted molar refractivity (Wildman–Crippen MR) is 92.9 cm³/mol. The van der Waals surface area contributed by atoms with Gasteiger partial charge in [-0.05, 0) is 25.3 Å². The van der Waals surface area contributed by atoms with E-state index in [-0.39, 0.29) is 24.4 Å². The van der Waals surface area contributed by atoms with E-state index >= 15 is 0 Å². The van der Waals surface area contributed by atoms with Gasteiger partial charge >= 0.3 is 0 Å². The van der Waals surface area contributed by atoms with Crippen LogP contribution in [-0.4, -0.2) is 39.7 Å². The van der Waals surface area contributed by atoms with E-state index in [4.69, 9.17) is 5.73 Å². The fourth-order valence-corrected chi connectivity index (χ4v) is 3.08. The number of carbonyl (C=O) groups is 1. The smallest absolute Gasteiger partial charge is 0.257 e. The molecule has 1 fully saturated rings. The highest BCUT2D eigenvalue weighted by Gasteiger charge is 2.30. The third-order valence-electron chi connectivity index (χ3n) is 4.42. The number of benzene rings is 1. The Bertz CT molecular complexity index is 656. The Labute approximate surface area is 142 Å². The van der Waals surface area contributed by atoms with Crippen molar-refractivity contribution in [2.45, 2.75) is 32.4 Å². The van der Waals surface area contributed by atoms with Crippen molar-refractivity contribution in [2.24, 2.45) is 5.73 Å². The minimum atomic E-state index is 0.